The fourth-order valence-corrected chi connectivity index (χ4v) is 1.36. The van der Waals surface area contributed by atoms with Crippen LogP contribution in [0, 0.1) is 0 Å². The van der Waals surface area contributed by atoms with E-state index in [0.717, 1.165) is 12.1 Å². The van der Waals surface area contributed by atoms with E-state index in [1.165, 1.54) is 27.0 Å². The fraction of sp³-hybridized carbons (Fsp3) is 0.455. The van der Waals surface area contributed by atoms with E-state index in [0.29, 0.717) is 0 Å². The molecule has 0 spiro atoms. The summed E-state index contributed by atoms with van der Waals surface area (Å²) in [6, 6.07) is 3.03. The highest BCUT2D eigenvalue weighted by molar-refractivity contribution is 5.41. The molecule has 1 aromatic carbocycles. The van der Waals surface area contributed by atoms with E-state index in [2.05, 4.69) is 0 Å². The number of hydrogen-bond donors (Lipinski definition) is 1. The lowest BCUT2D eigenvalue weighted by molar-refractivity contribution is -0.137. The maximum atomic E-state index is 12.5. The lowest BCUT2D eigenvalue weighted by Gasteiger charge is -2.22. The van der Waals surface area contributed by atoms with Crippen molar-refractivity contribution in [1.29, 1.82) is 0 Å². The Morgan fingerprint density at radius 2 is 1.75 bits per heavy atom. The van der Waals surface area contributed by atoms with Crippen molar-refractivity contribution in [2.45, 2.75) is 25.6 Å². The molecule has 0 saturated heterocycles. The Morgan fingerprint density at radius 3 is 2.12 bits per heavy atom. The van der Waals surface area contributed by atoms with Crippen molar-refractivity contribution in [2.75, 3.05) is 7.11 Å². The van der Waals surface area contributed by atoms with Crippen LogP contribution < -0.4 is 4.74 Å². The smallest absolute Gasteiger partial charge is 0.416 e. The highest BCUT2D eigenvalue weighted by atomic mass is 19.4. The van der Waals surface area contributed by atoms with Gasteiger partial charge in [-0.1, -0.05) is 0 Å². The van der Waals surface area contributed by atoms with E-state index in [4.69, 9.17) is 4.74 Å². The van der Waals surface area contributed by atoms with Gasteiger partial charge in [0.2, 0.25) is 0 Å². The molecule has 0 atom stereocenters. The maximum absolute atomic E-state index is 12.5. The molecule has 2 nitrogen and oxygen atoms in total. The minimum atomic E-state index is -4.42. The second-order valence-electron chi connectivity index (χ2n) is 3.97. The van der Waals surface area contributed by atoms with Crippen LogP contribution in [0.5, 0.6) is 5.75 Å². The minimum Gasteiger partial charge on any atom is -0.496 e. The van der Waals surface area contributed by atoms with Gasteiger partial charge in [-0.2, -0.15) is 13.2 Å². The summed E-state index contributed by atoms with van der Waals surface area (Å²) in [6.45, 7) is 2.82. The summed E-state index contributed by atoms with van der Waals surface area (Å²) in [6.07, 6.45) is -4.42. The second-order valence-corrected chi connectivity index (χ2v) is 3.97. The van der Waals surface area contributed by atoms with E-state index < -0.39 is 17.3 Å². The van der Waals surface area contributed by atoms with Crippen molar-refractivity contribution in [1.82, 2.24) is 0 Å². The molecule has 5 heteroatoms. The lowest BCUT2D eigenvalue weighted by Crippen LogP contribution is -2.18. The van der Waals surface area contributed by atoms with Gasteiger partial charge in [-0.05, 0) is 32.0 Å². The van der Waals surface area contributed by atoms with Gasteiger partial charge in [0.1, 0.15) is 5.75 Å². The lowest BCUT2D eigenvalue weighted by atomic mass is 9.95. The van der Waals surface area contributed by atoms with Gasteiger partial charge in [0, 0.05) is 5.56 Å². The van der Waals surface area contributed by atoms with Gasteiger partial charge in [-0.3, -0.25) is 0 Å². The summed E-state index contributed by atoms with van der Waals surface area (Å²) in [5.41, 5.74) is -2.07. The summed E-state index contributed by atoms with van der Waals surface area (Å²) in [5, 5.41) is 9.74. The predicted molar refractivity (Wildman–Crippen MR) is 53.2 cm³/mol. The number of alkyl halides is 3. The van der Waals surface area contributed by atoms with E-state index >= 15 is 0 Å². The van der Waals surface area contributed by atoms with Crippen LogP contribution in [0.1, 0.15) is 25.0 Å². The van der Waals surface area contributed by atoms with Crippen molar-refractivity contribution in [2.24, 2.45) is 0 Å². The molecule has 1 N–H and O–H groups in total. The molecule has 0 unspecified atom stereocenters. The molecule has 1 aromatic rings. The Morgan fingerprint density at radius 1 is 1.19 bits per heavy atom. The first-order chi connectivity index (χ1) is 7.16. The molecule has 0 amide bonds. The molecule has 0 aromatic heterocycles. The third-order valence-electron chi connectivity index (χ3n) is 2.19. The van der Waals surface area contributed by atoms with Gasteiger partial charge in [0.05, 0.1) is 18.3 Å². The second kappa shape index (κ2) is 3.97. The molecule has 0 aliphatic rings. The summed E-state index contributed by atoms with van der Waals surface area (Å²) >= 11 is 0. The normalized spacial score (nSPS) is 12.7. The number of aliphatic hydroxyl groups is 1. The van der Waals surface area contributed by atoms with Crippen LogP contribution in [0.15, 0.2) is 18.2 Å². The summed E-state index contributed by atoms with van der Waals surface area (Å²) in [5.74, 6) is 0.237. The van der Waals surface area contributed by atoms with Crippen molar-refractivity contribution < 1.29 is 23.0 Å². The van der Waals surface area contributed by atoms with Crippen LogP contribution in [0.2, 0.25) is 0 Å². The number of ether oxygens (including phenoxy) is 1. The summed E-state index contributed by atoms with van der Waals surface area (Å²) in [7, 11) is 1.35. The Hall–Kier alpha value is -1.23. The molecular weight excluding hydrogens is 221 g/mol. The molecule has 0 heterocycles. The molecule has 0 saturated carbocycles. The molecule has 0 bridgehead atoms. The highest BCUT2D eigenvalue weighted by Crippen LogP contribution is 2.36. The van der Waals surface area contributed by atoms with Crippen molar-refractivity contribution >= 4 is 0 Å². The first-order valence-corrected chi connectivity index (χ1v) is 4.64. The average molecular weight is 234 g/mol. The Balaban J connectivity index is 3.34. The van der Waals surface area contributed by atoms with Crippen LogP contribution in [0.3, 0.4) is 0 Å². The quantitative estimate of drug-likeness (QED) is 0.852. The van der Waals surface area contributed by atoms with Crippen molar-refractivity contribution in [3.05, 3.63) is 29.3 Å². The predicted octanol–water partition coefficient (Wildman–Crippen LogP) is 2.94. The molecule has 16 heavy (non-hydrogen) atoms. The third kappa shape index (κ3) is 2.66. The molecule has 0 aliphatic carbocycles. The molecule has 90 valence electrons. The molecule has 0 fully saturated rings. The van der Waals surface area contributed by atoms with Gasteiger partial charge in [-0.25, -0.2) is 0 Å². The minimum absolute atomic E-state index is 0.116. The number of rotatable bonds is 2. The Kier molecular flexibility index (Phi) is 3.19. The van der Waals surface area contributed by atoms with Gasteiger partial charge >= 0.3 is 6.18 Å². The van der Waals surface area contributed by atoms with Gasteiger partial charge in [0.25, 0.3) is 0 Å². The van der Waals surface area contributed by atoms with Crippen LogP contribution in [0.25, 0.3) is 0 Å². The van der Waals surface area contributed by atoms with Gasteiger partial charge in [0.15, 0.2) is 0 Å². The molecular formula is C11H13F3O2. The molecule has 0 radical (unpaired) electrons. The van der Waals surface area contributed by atoms with Crippen LogP contribution >= 0.6 is 0 Å². The summed E-state index contributed by atoms with van der Waals surface area (Å²) < 4.78 is 42.3. The van der Waals surface area contributed by atoms with E-state index in [-0.39, 0.29) is 11.3 Å². The first-order valence-electron chi connectivity index (χ1n) is 4.64. The topological polar surface area (TPSA) is 29.5 Å². The first kappa shape index (κ1) is 12.8. The van der Waals surface area contributed by atoms with Crippen LogP contribution in [0.4, 0.5) is 13.2 Å². The standard InChI is InChI=1S/C11H13F3O2/c1-10(2,15)8-6-7(11(12,13)14)4-5-9(8)16-3/h4-6,15H,1-3H3. The third-order valence-corrected chi connectivity index (χ3v) is 2.19. The molecule has 1 rings (SSSR count). The monoisotopic (exact) mass is 234 g/mol. The highest BCUT2D eigenvalue weighted by Gasteiger charge is 2.33. The van der Waals surface area contributed by atoms with Crippen molar-refractivity contribution in [3.63, 3.8) is 0 Å². The largest absolute Gasteiger partial charge is 0.496 e. The van der Waals surface area contributed by atoms with Crippen molar-refractivity contribution in [3.8, 4) is 5.75 Å². The zero-order chi connectivity index (χ0) is 12.6. The molecule has 0 aliphatic heterocycles. The van der Waals surface area contributed by atoms with E-state index in [1.807, 2.05) is 0 Å². The SMILES string of the molecule is COc1ccc(C(F)(F)F)cc1C(C)(C)O. The van der Waals surface area contributed by atoms with E-state index in [1.54, 1.807) is 0 Å². The van der Waals surface area contributed by atoms with Gasteiger partial charge in [-0.15, -0.1) is 0 Å². The number of hydrogen-bond acceptors (Lipinski definition) is 2. The van der Waals surface area contributed by atoms with Crippen LogP contribution in [-0.2, 0) is 11.8 Å². The van der Waals surface area contributed by atoms with Gasteiger partial charge < -0.3 is 9.84 Å². The number of methoxy groups -OCH3 is 1. The van der Waals surface area contributed by atoms with Crippen LogP contribution in [-0.4, -0.2) is 12.2 Å². The zero-order valence-corrected chi connectivity index (χ0v) is 9.22. The number of benzene rings is 1. The Labute approximate surface area is 91.7 Å². The summed E-state index contributed by atoms with van der Waals surface area (Å²) in [4.78, 5) is 0. The van der Waals surface area contributed by atoms with E-state index in [9.17, 15) is 18.3 Å². The average Bonchev–Trinajstić information content (AvgIpc) is 2.14. The fourth-order valence-electron chi connectivity index (χ4n) is 1.36. The maximum Gasteiger partial charge on any atom is 0.416 e. The zero-order valence-electron chi connectivity index (χ0n) is 9.22. The number of halogens is 3. The Bertz CT molecular complexity index is 378.